The molecule has 1 saturated heterocycles. The van der Waals surface area contributed by atoms with Crippen LogP contribution in [0.5, 0.6) is 0 Å². The van der Waals surface area contributed by atoms with Crippen LogP contribution in [0.1, 0.15) is 36.6 Å². The Hall–Kier alpha value is -1.32. The number of nitrogens with one attached hydrogen (secondary N) is 2. The molecule has 1 aromatic carbocycles. The van der Waals surface area contributed by atoms with Crippen LogP contribution in [0.2, 0.25) is 0 Å². The summed E-state index contributed by atoms with van der Waals surface area (Å²) < 4.78 is 0. The zero-order valence-corrected chi connectivity index (χ0v) is 12.9. The van der Waals surface area contributed by atoms with Crippen LogP contribution >= 0.6 is 0 Å². The molecule has 21 heavy (non-hydrogen) atoms. The summed E-state index contributed by atoms with van der Waals surface area (Å²) in [4.78, 5) is 6.33. The Bertz CT molecular complexity index is 620. The Morgan fingerprint density at radius 2 is 1.90 bits per heavy atom. The summed E-state index contributed by atoms with van der Waals surface area (Å²) >= 11 is 0. The van der Waals surface area contributed by atoms with Crippen LogP contribution in [-0.4, -0.2) is 36.1 Å². The van der Waals surface area contributed by atoms with E-state index in [-0.39, 0.29) is 0 Å². The lowest BCUT2D eigenvalue weighted by atomic mass is 9.75. The standard InChI is InChI=1S/C18H25N3/c1-13-17(15-7-2-3-8-16(15)20-13)18(14-5-4-6-14)21-11-9-19-10-12-21/h2-3,7-8,14,18-20H,4-6,9-12H2,1H3/t18-/m0/s1. The number of para-hydroxylation sites is 1. The maximum Gasteiger partial charge on any atom is 0.0459 e. The Kier molecular flexibility index (Phi) is 3.48. The third kappa shape index (κ3) is 2.29. The normalized spacial score (nSPS) is 22.3. The van der Waals surface area contributed by atoms with Crippen molar-refractivity contribution in [3.05, 3.63) is 35.5 Å². The van der Waals surface area contributed by atoms with E-state index < -0.39 is 0 Å². The molecule has 1 saturated carbocycles. The van der Waals surface area contributed by atoms with Gasteiger partial charge in [0.1, 0.15) is 0 Å². The Morgan fingerprint density at radius 3 is 2.62 bits per heavy atom. The third-order valence-electron chi connectivity index (χ3n) is 5.38. The van der Waals surface area contributed by atoms with Gasteiger partial charge in [0.05, 0.1) is 0 Å². The Balaban J connectivity index is 1.78. The largest absolute Gasteiger partial charge is 0.358 e. The Labute approximate surface area is 126 Å². The summed E-state index contributed by atoms with van der Waals surface area (Å²) in [5.74, 6) is 0.848. The molecule has 1 aromatic heterocycles. The number of nitrogens with zero attached hydrogens (tertiary/aromatic N) is 1. The fourth-order valence-corrected chi connectivity index (χ4v) is 4.11. The predicted octanol–water partition coefficient (Wildman–Crippen LogP) is 3.22. The monoisotopic (exact) mass is 283 g/mol. The molecule has 0 bridgehead atoms. The molecular formula is C18H25N3. The minimum Gasteiger partial charge on any atom is -0.358 e. The highest BCUT2D eigenvalue weighted by Gasteiger charge is 2.35. The van der Waals surface area contributed by atoms with Gasteiger partial charge in [0, 0.05) is 48.8 Å². The maximum atomic E-state index is 3.61. The molecule has 1 aliphatic carbocycles. The summed E-state index contributed by atoms with van der Waals surface area (Å²) in [6.45, 7) is 6.87. The molecule has 2 N–H and O–H groups in total. The summed E-state index contributed by atoms with van der Waals surface area (Å²) in [7, 11) is 0. The number of aryl methyl sites for hydroxylation is 1. The summed E-state index contributed by atoms with van der Waals surface area (Å²) in [6.07, 6.45) is 4.20. The summed E-state index contributed by atoms with van der Waals surface area (Å²) in [5, 5.41) is 4.93. The average molecular weight is 283 g/mol. The molecule has 1 atom stereocenters. The zero-order chi connectivity index (χ0) is 14.2. The van der Waals surface area contributed by atoms with Gasteiger partial charge in [-0.25, -0.2) is 0 Å². The average Bonchev–Trinajstić information content (AvgIpc) is 2.79. The number of rotatable bonds is 3. The van der Waals surface area contributed by atoms with Crippen LogP contribution in [0.25, 0.3) is 10.9 Å². The minimum atomic E-state index is 0.608. The van der Waals surface area contributed by atoms with Gasteiger partial charge >= 0.3 is 0 Å². The van der Waals surface area contributed by atoms with Crippen molar-refractivity contribution in [3.8, 4) is 0 Å². The van der Waals surface area contributed by atoms with Crippen molar-refractivity contribution in [1.29, 1.82) is 0 Å². The quantitative estimate of drug-likeness (QED) is 0.906. The van der Waals surface area contributed by atoms with Gasteiger partial charge in [-0.1, -0.05) is 24.6 Å². The van der Waals surface area contributed by atoms with Gasteiger partial charge in [-0.05, 0) is 37.3 Å². The zero-order valence-electron chi connectivity index (χ0n) is 12.9. The molecular weight excluding hydrogens is 258 g/mol. The highest BCUT2D eigenvalue weighted by Crippen LogP contribution is 2.44. The van der Waals surface area contributed by atoms with Gasteiger partial charge in [-0.2, -0.15) is 0 Å². The van der Waals surface area contributed by atoms with E-state index in [9.17, 15) is 0 Å². The van der Waals surface area contributed by atoms with E-state index in [4.69, 9.17) is 0 Å². The molecule has 2 aromatic rings. The van der Waals surface area contributed by atoms with Gasteiger partial charge in [-0.3, -0.25) is 4.90 Å². The van der Waals surface area contributed by atoms with Crippen LogP contribution in [0.4, 0.5) is 0 Å². The predicted molar refractivity (Wildman–Crippen MR) is 87.6 cm³/mol. The number of piperazine rings is 1. The van der Waals surface area contributed by atoms with Gasteiger partial charge in [0.15, 0.2) is 0 Å². The summed E-state index contributed by atoms with van der Waals surface area (Å²) in [6, 6.07) is 9.42. The van der Waals surface area contributed by atoms with E-state index in [2.05, 4.69) is 46.4 Å². The van der Waals surface area contributed by atoms with Crippen molar-refractivity contribution in [2.75, 3.05) is 26.2 Å². The van der Waals surface area contributed by atoms with Crippen LogP contribution in [-0.2, 0) is 0 Å². The molecule has 0 unspecified atom stereocenters. The Morgan fingerprint density at radius 1 is 1.14 bits per heavy atom. The first-order valence-corrected chi connectivity index (χ1v) is 8.36. The van der Waals surface area contributed by atoms with Crippen molar-refractivity contribution in [1.82, 2.24) is 15.2 Å². The first-order valence-electron chi connectivity index (χ1n) is 8.36. The lowest BCUT2D eigenvalue weighted by Gasteiger charge is -2.43. The van der Waals surface area contributed by atoms with Gasteiger partial charge in [0.2, 0.25) is 0 Å². The first kappa shape index (κ1) is 13.4. The van der Waals surface area contributed by atoms with Crippen LogP contribution < -0.4 is 5.32 Å². The number of benzene rings is 1. The number of hydrogen-bond donors (Lipinski definition) is 2. The molecule has 3 nitrogen and oxygen atoms in total. The second kappa shape index (κ2) is 5.47. The fraction of sp³-hybridized carbons (Fsp3) is 0.556. The number of aromatic amines is 1. The molecule has 0 amide bonds. The highest BCUT2D eigenvalue weighted by atomic mass is 15.2. The van der Waals surface area contributed by atoms with E-state index >= 15 is 0 Å². The molecule has 112 valence electrons. The van der Waals surface area contributed by atoms with Crippen molar-refractivity contribution in [2.24, 2.45) is 5.92 Å². The van der Waals surface area contributed by atoms with E-state index in [0.29, 0.717) is 6.04 Å². The molecule has 2 aliphatic rings. The van der Waals surface area contributed by atoms with Crippen LogP contribution in [0, 0.1) is 12.8 Å². The molecule has 0 spiro atoms. The summed E-state index contributed by atoms with van der Waals surface area (Å²) in [5.41, 5.74) is 4.23. The van der Waals surface area contributed by atoms with Crippen LogP contribution in [0.3, 0.4) is 0 Å². The van der Waals surface area contributed by atoms with E-state index in [1.54, 1.807) is 5.56 Å². The fourth-order valence-electron chi connectivity index (χ4n) is 4.11. The molecule has 4 rings (SSSR count). The SMILES string of the molecule is Cc1[nH]c2ccccc2c1[C@H](C1CCC1)N1CCNCC1. The second-order valence-electron chi connectivity index (χ2n) is 6.63. The van der Waals surface area contributed by atoms with Crippen LogP contribution in [0.15, 0.2) is 24.3 Å². The molecule has 2 heterocycles. The number of hydrogen-bond acceptors (Lipinski definition) is 2. The molecule has 1 aliphatic heterocycles. The molecule has 2 fully saturated rings. The van der Waals surface area contributed by atoms with E-state index in [1.807, 2.05) is 0 Å². The van der Waals surface area contributed by atoms with Gasteiger partial charge < -0.3 is 10.3 Å². The first-order chi connectivity index (χ1) is 10.3. The molecule has 3 heteroatoms. The van der Waals surface area contributed by atoms with E-state index in [1.165, 1.54) is 48.9 Å². The lowest BCUT2D eigenvalue weighted by molar-refractivity contribution is 0.0842. The van der Waals surface area contributed by atoms with Crippen molar-refractivity contribution in [2.45, 2.75) is 32.2 Å². The van der Waals surface area contributed by atoms with Gasteiger partial charge in [-0.15, -0.1) is 0 Å². The van der Waals surface area contributed by atoms with Crippen molar-refractivity contribution < 1.29 is 0 Å². The molecule has 0 radical (unpaired) electrons. The third-order valence-corrected chi connectivity index (χ3v) is 5.38. The van der Waals surface area contributed by atoms with Gasteiger partial charge in [0.25, 0.3) is 0 Å². The minimum absolute atomic E-state index is 0.608. The maximum absolute atomic E-state index is 3.61. The van der Waals surface area contributed by atoms with Crippen molar-refractivity contribution in [3.63, 3.8) is 0 Å². The topological polar surface area (TPSA) is 31.1 Å². The number of H-pyrrole nitrogens is 1. The smallest absolute Gasteiger partial charge is 0.0459 e. The van der Waals surface area contributed by atoms with Crippen molar-refractivity contribution >= 4 is 10.9 Å². The van der Waals surface area contributed by atoms with E-state index in [0.717, 1.165) is 19.0 Å². The number of aromatic nitrogens is 1. The number of fused-ring (bicyclic) bond motifs is 1. The highest BCUT2D eigenvalue weighted by molar-refractivity contribution is 5.85. The second-order valence-corrected chi connectivity index (χ2v) is 6.63. The lowest BCUT2D eigenvalue weighted by Crippen LogP contribution is -2.48.